The van der Waals surface area contributed by atoms with Crippen molar-refractivity contribution in [2.45, 2.75) is 6.92 Å². The van der Waals surface area contributed by atoms with Crippen LogP contribution in [0, 0.1) is 6.92 Å². The van der Waals surface area contributed by atoms with Gasteiger partial charge in [0, 0.05) is 19.3 Å². The third-order valence-electron chi connectivity index (χ3n) is 1.82. The molecule has 0 bridgehead atoms. The highest BCUT2D eigenvalue weighted by molar-refractivity contribution is 5.52. The number of hydrogen-bond acceptors (Lipinski definition) is 2. The van der Waals surface area contributed by atoms with Crippen LogP contribution in [0.2, 0.25) is 0 Å². The van der Waals surface area contributed by atoms with Crippen LogP contribution in [-0.2, 0) is 7.05 Å². The van der Waals surface area contributed by atoms with Gasteiger partial charge >= 0.3 is 0 Å². The maximum atomic E-state index is 5.12. The first-order valence-electron chi connectivity index (χ1n) is 3.82. The van der Waals surface area contributed by atoms with E-state index >= 15 is 0 Å². The van der Waals surface area contributed by atoms with Gasteiger partial charge in [-0.05, 0) is 19.1 Å². The Morgan fingerprint density at radius 2 is 2.33 bits per heavy atom. The molecule has 12 heavy (non-hydrogen) atoms. The van der Waals surface area contributed by atoms with Crippen LogP contribution in [0.4, 0.5) is 0 Å². The second-order valence-corrected chi connectivity index (χ2v) is 2.84. The van der Waals surface area contributed by atoms with Gasteiger partial charge in [0.2, 0.25) is 0 Å². The third kappa shape index (κ3) is 1.03. The number of aromatic nitrogens is 2. The fraction of sp³-hybridized carbons (Fsp3) is 0.222. The zero-order chi connectivity index (χ0) is 8.55. The Morgan fingerprint density at radius 3 is 2.83 bits per heavy atom. The third-order valence-corrected chi connectivity index (χ3v) is 1.82. The average Bonchev–Trinajstić information content (AvgIpc) is 2.58. The molecule has 2 aromatic rings. The van der Waals surface area contributed by atoms with Crippen molar-refractivity contribution in [3.63, 3.8) is 0 Å². The summed E-state index contributed by atoms with van der Waals surface area (Å²) in [5, 5.41) is 3.83. The molecule has 0 aromatic carbocycles. The van der Waals surface area contributed by atoms with E-state index in [4.69, 9.17) is 4.52 Å². The Morgan fingerprint density at radius 1 is 1.50 bits per heavy atom. The summed E-state index contributed by atoms with van der Waals surface area (Å²) < 4.78 is 7.12. The van der Waals surface area contributed by atoms with Gasteiger partial charge in [0.05, 0.1) is 11.4 Å². The average molecular weight is 162 g/mol. The molecule has 2 rings (SSSR count). The molecule has 0 amide bonds. The van der Waals surface area contributed by atoms with Crippen LogP contribution in [0.15, 0.2) is 28.9 Å². The highest BCUT2D eigenvalue weighted by atomic mass is 16.5. The molecule has 0 fully saturated rings. The van der Waals surface area contributed by atoms with E-state index in [1.165, 1.54) is 0 Å². The van der Waals surface area contributed by atoms with Crippen LogP contribution in [-0.4, -0.2) is 9.72 Å². The van der Waals surface area contributed by atoms with Crippen molar-refractivity contribution in [1.29, 1.82) is 0 Å². The van der Waals surface area contributed by atoms with Crippen molar-refractivity contribution in [3.8, 4) is 11.5 Å². The van der Waals surface area contributed by atoms with E-state index in [-0.39, 0.29) is 0 Å². The maximum Gasteiger partial charge on any atom is 0.183 e. The van der Waals surface area contributed by atoms with Crippen molar-refractivity contribution in [1.82, 2.24) is 9.72 Å². The van der Waals surface area contributed by atoms with Gasteiger partial charge in [-0.1, -0.05) is 5.16 Å². The smallest absolute Gasteiger partial charge is 0.183 e. The highest BCUT2D eigenvalue weighted by Gasteiger charge is 2.05. The standard InChI is InChI=1S/C9H10N2O/c1-7-6-9(12-10-7)8-4-3-5-11(8)2/h3-6H,1-2H3. The van der Waals surface area contributed by atoms with Crippen LogP contribution in [0.3, 0.4) is 0 Å². The largest absolute Gasteiger partial charge is 0.354 e. The molecule has 0 saturated heterocycles. The van der Waals surface area contributed by atoms with Gasteiger partial charge in [-0.3, -0.25) is 0 Å². The summed E-state index contributed by atoms with van der Waals surface area (Å²) in [6, 6.07) is 5.91. The van der Waals surface area contributed by atoms with Crippen molar-refractivity contribution in [2.75, 3.05) is 0 Å². The number of rotatable bonds is 1. The second-order valence-electron chi connectivity index (χ2n) is 2.84. The maximum absolute atomic E-state index is 5.12. The quantitative estimate of drug-likeness (QED) is 0.642. The van der Waals surface area contributed by atoms with Crippen molar-refractivity contribution >= 4 is 0 Å². The number of hydrogen-bond donors (Lipinski definition) is 0. The number of nitrogens with zero attached hydrogens (tertiary/aromatic N) is 2. The van der Waals surface area contributed by atoms with Gasteiger partial charge < -0.3 is 9.09 Å². The molecule has 0 atom stereocenters. The van der Waals surface area contributed by atoms with Crippen molar-refractivity contribution in [3.05, 3.63) is 30.1 Å². The van der Waals surface area contributed by atoms with Gasteiger partial charge in [0.15, 0.2) is 5.76 Å². The molecule has 0 N–H and O–H groups in total. The molecule has 0 spiro atoms. The first kappa shape index (κ1) is 7.16. The predicted molar refractivity (Wildman–Crippen MR) is 45.6 cm³/mol. The topological polar surface area (TPSA) is 31.0 Å². The Bertz CT molecular complexity index is 387. The highest BCUT2D eigenvalue weighted by Crippen LogP contribution is 2.19. The summed E-state index contributed by atoms with van der Waals surface area (Å²) in [5.74, 6) is 0.819. The van der Waals surface area contributed by atoms with E-state index in [0.29, 0.717) is 0 Å². The zero-order valence-corrected chi connectivity index (χ0v) is 7.11. The summed E-state index contributed by atoms with van der Waals surface area (Å²) in [4.78, 5) is 0. The molecular formula is C9H10N2O. The van der Waals surface area contributed by atoms with Gasteiger partial charge in [-0.25, -0.2) is 0 Å². The number of aryl methyl sites for hydroxylation is 2. The normalized spacial score (nSPS) is 10.5. The fourth-order valence-electron chi connectivity index (χ4n) is 1.20. The molecular weight excluding hydrogens is 152 g/mol. The van der Waals surface area contributed by atoms with Crippen LogP contribution in [0.25, 0.3) is 11.5 Å². The molecule has 0 aliphatic carbocycles. The minimum Gasteiger partial charge on any atom is -0.354 e. The van der Waals surface area contributed by atoms with Crippen LogP contribution >= 0.6 is 0 Å². The minimum atomic E-state index is 0.819. The molecule has 2 aromatic heterocycles. The molecule has 0 unspecified atom stereocenters. The van der Waals surface area contributed by atoms with Crippen LogP contribution in [0.1, 0.15) is 5.69 Å². The Kier molecular flexibility index (Phi) is 1.50. The van der Waals surface area contributed by atoms with Crippen LogP contribution < -0.4 is 0 Å². The lowest BCUT2D eigenvalue weighted by Gasteiger charge is -1.95. The summed E-state index contributed by atoms with van der Waals surface area (Å²) in [6.45, 7) is 1.91. The summed E-state index contributed by atoms with van der Waals surface area (Å²) in [7, 11) is 1.98. The molecule has 3 nitrogen and oxygen atoms in total. The molecule has 3 heteroatoms. The van der Waals surface area contributed by atoms with Gasteiger partial charge in [0.25, 0.3) is 0 Å². The monoisotopic (exact) mass is 162 g/mol. The van der Waals surface area contributed by atoms with E-state index in [1.54, 1.807) is 0 Å². The SMILES string of the molecule is Cc1cc(-c2cccn2C)on1. The first-order chi connectivity index (χ1) is 5.77. The van der Waals surface area contributed by atoms with Gasteiger partial charge in [-0.2, -0.15) is 0 Å². The van der Waals surface area contributed by atoms with E-state index in [0.717, 1.165) is 17.1 Å². The molecule has 0 aliphatic rings. The summed E-state index contributed by atoms with van der Waals surface area (Å²) >= 11 is 0. The zero-order valence-electron chi connectivity index (χ0n) is 7.11. The lowest BCUT2D eigenvalue weighted by molar-refractivity contribution is 0.424. The first-order valence-corrected chi connectivity index (χ1v) is 3.82. The Balaban J connectivity index is 2.50. The van der Waals surface area contributed by atoms with Gasteiger partial charge in [-0.15, -0.1) is 0 Å². The Hall–Kier alpha value is -1.51. The second kappa shape index (κ2) is 2.52. The molecule has 62 valence electrons. The van der Waals surface area contributed by atoms with Crippen molar-refractivity contribution < 1.29 is 4.52 Å². The van der Waals surface area contributed by atoms with Gasteiger partial charge in [0.1, 0.15) is 0 Å². The molecule has 0 aliphatic heterocycles. The Labute approximate surface area is 70.6 Å². The van der Waals surface area contributed by atoms with E-state index < -0.39 is 0 Å². The minimum absolute atomic E-state index is 0.819. The van der Waals surface area contributed by atoms with E-state index in [2.05, 4.69) is 5.16 Å². The fourth-order valence-corrected chi connectivity index (χ4v) is 1.20. The molecule has 2 heterocycles. The predicted octanol–water partition coefficient (Wildman–Crippen LogP) is 1.99. The lowest BCUT2D eigenvalue weighted by atomic mass is 10.3. The summed E-state index contributed by atoms with van der Waals surface area (Å²) in [6.07, 6.45) is 1.98. The molecule has 0 saturated carbocycles. The summed E-state index contributed by atoms with van der Waals surface area (Å²) in [5.41, 5.74) is 1.96. The van der Waals surface area contributed by atoms with Crippen molar-refractivity contribution in [2.24, 2.45) is 7.05 Å². The van der Waals surface area contributed by atoms with E-state index in [9.17, 15) is 0 Å². The lowest BCUT2D eigenvalue weighted by Crippen LogP contribution is -1.86. The van der Waals surface area contributed by atoms with Crippen LogP contribution in [0.5, 0.6) is 0 Å². The molecule has 0 radical (unpaired) electrons. The van der Waals surface area contributed by atoms with E-state index in [1.807, 2.05) is 42.9 Å².